The summed E-state index contributed by atoms with van der Waals surface area (Å²) in [4.78, 5) is 12.1. The largest absolute Gasteiger partial charge is 0.778 e. The van der Waals surface area contributed by atoms with Crippen molar-refractivity contribution in [1.82, 2.24) is 0 Å². The van der Waals surface area contributed by atoms with Crippen LogP contribution in [-0.2, 0) is 18.6 Å². The van der Waals surface area contributed by atoms with Gasteiger partial charge in [0.15, 0.2) is 0 Å². The second-order valence-corrected chi connectivity index (χ2v) is 12.7. The zero-order valence-corrected chi connectivity index (χ0v) is 24.3. The fourth-order valence-electron chi connectivity index (χ4n) is 3.92. The number of methoxy groups -OCH3 is 1. The molecular formula is C27H58NO5P. The van der Waals surface area contributed by atoms with Crippen molar-refractivity contribution < 1.29 is 27.9 Å². The summed E-state index contributed by atoms with van der Waals surface area (Å²) in [5.41, 5.74) is 0. The minimum Gasteiger partial charge on any atom is -0.778 e. The van der Waals surface area contributed by atoms with Gasteiger partial charge in [-0.2, -0.15) is 0 Å². The maximum atomic E-state index is 12.1. The average molecular weight is 508 g/mol. The number of likely N-dealkylation sites (N-methyl/N-ethyl adjacent to an activating group) is 1. The molecule has 0 radical (unpaired) electrons. The summed E-state index contributed by atoms with van der Waals surface area (Å²) >= 11 is 0. The van der Waals surface area contributed by atoms with Crippen LogP contribution in [-0.4, -0.2) is 71.4 Å². The second kappa shape index (κ2) is 22.2. The third-order valence-corrected chi connectivity index (χ3v) is 7.69. The summed E-state index contributed by atoms with van der Waals surface area (Å²) < 4.78 is 28.9. The van der Waals surface area contributed by atoms with E-state index in [1.165, 1.54) is 103 Å². The molecule has 0 saturated heterocycles. The maximum Gasteiger partial charge on any atom is 0.137 e. The summed E-state index contributed by atoms with van der Waals surface area (Å²) in [7, 11) is 3.62. The smallest absolute Gasteiger partial charge is 0.137 e. The monoisotopic (exact) mass is 507 g/mol. The summed E-state index contributed by atoms with van der Waals surface area (Å²) in [6.45, 7) is 4.06. The van der Waals surface area contributed by atoms with Gasteiger partial charge in [0, 0.05) is 19.9 Å². The van der Waals surface area contributed by atoms with E-state index < -0.39 is 13.7 Å². The Labute approximate surface area is 212 Å². The molecule has 6 nitrogen and oxygen atoms in total. The third kappa shape index (κ3) is 25.1. The van der Waals surface area contributed by atoms with Crippen molar-refractivity contribution in [3.8, 4) is 0 Å². The Kier molecular flexibility index (Phi) is 22.3. The molecule has 2 unspecified atom stereocenters. The van der Waals surface area contributed by atoms with Gasteiger partial charge in [0.25, 0.3) is 0 Å². The summed E-state index contributed by atoms with van der Waals surface area (Å²) in [5.74, 6) is 0. The first-order chi connectivity index (χ1) is 16.2. The van der Waals surface area contributed by atoms with Gasteiger partial charge in [0.05, 0.1) is 33.9 Å². The molecule has 206 valence electrons. The number of quaternary nitrogens is 1. The molecule has 0 aromatic rings. The van der Waals surface area contributed by atoms with E-state index in [0.29, 0.717) is 24.2 Å². The Bertz CT molecular complexity index is 484. The number of rotatable bonds is 26. The Hall–Kier alpha value is 0.0300. The molecular weight excluding hydrogens is 449 g/mol. The van der Waals surface area contributed by atoms with Crippen molar-refractivity contribution in [3.63, 3.8) is 0 Å². The van der Waals surface area contributed by atoms with Crippen molar-refractivity contribution in [2.75, 3.05) is 60.8 Å². The van der Waals surface area contributed by atoms with Crippen LogP contribution >= 0.6 is 7.60 Å². The summed E-state index contributed by atoms with van der Waals surface area (Å²) in [6, 6.07) is 0. The van der Waals surface area contributed by atoms with Crippen LogP contribution < -0.4 is 4.89 Å². The number of nitrogens with zero attached hydrogens (tertiary/aromatic N) is 1. The fourth-order valence-corrected chi connectivity index (χ4v) is 5.14. The van der Waals surface area contributed by atoms with E-state index in [0.717, 1.165) is 6.42 Å². The van der Waals surface area contributed by atoms with Crippen molar-refractivity contribution >= 4 is 7.60 Å². The lowest BCUT2D eigenvalue weighted by molar-refractivity contribution is -0.870. The molecule has 0 amide bonds. The number of hydrogen-bond acceptors (Lipinski definition) is 5. The first kappa shape index (κ1) is 34.0. The van der Waals surface area contributed by atoms with E-state index in [9.17, 15) is 9.46 Å². The van der Waals surface area contributed by atoms with Crippen molar-refractivity contribution in [2.45, 2.75) is 116 Å². The van der Waals surface area contributed by atoms with Gasteiger partial charge in [0.1, 0.15) is 20.7 Å². The van der Waals surface area contributed by atoms with Crippen molar-refractivity contribution in [3.05, 3.63) is 0 Å². The molecule has 0 aromatic carbocycles. The Morgan fingerprint density at radius 2 is 1.18 bits per heavy atom. The van der Waals surface area contributed by atoms with Crippen LogP contribution in [0.1, 0.15) is 110 Å². The summed E-state index contributed by atoms with van der Waals surface area (Å²) in [6.07, 6.45) is 20.9. The normalized spacial score (nSPS) is 14.9. The van der Waals surface area contributed by atoms with Gasteiger partial charge in [-0.15, -0.1) is 0 Å². The lowest BCUT2D eigenvalue weighted by Gasteiger charge is -2.29. The third-order valence-electron chi connectivity index (χ3n) is 6.26. The molecule has 0 N–H and O–H groups in total. The highest BCUT2D eigenvalue weighted by Crippen LogP contribution is 2.38. The van der Waals surface area contributed by atoms with E-state index >= 15 is 0 Å². The van der Waals surface area contributed by atoms with Gasteiger partial charge in [0.2, 0.25) is 0 Å². The van der Waals surface area contributed by atoms with Crippen molar-refractivity contribution in [1.29, 1.82) is 0 Å². The highest BCUT2D eigenvalue weighted by molar-refractivity contribution is 7.51. The van der Waals surface area contributed by atoms with Gasteiger partial charge >= 0.3 is 0 Å². The highest BCUT2D eigenvalue weighted by atomic mass is 31.2. The molecule has 0 bridgehead atoms. The Morgan fingerprint density at radius 1 is 0.735 bits per heavy atom. The van der Waals surface area contributed by atoms with Crippen LogP contribution in [0.2, 0.25) is 0 Å². The average Bonchev–Trinajstić information content (AvgIpc) is 2.76. The SMILES string of the molecule is CCCCCCCCCCCCCCCCCCOCC(CP(=O)([O-])OCC[N+](C)(C)C)OC. The molecule has 0 aliphatic heterocycles. The molecule has 7 heteroatoms. The zero-order valence-electron chi connectivity index (χ0n) is 23.4. The molecule has 0 heterocycles. The molecule has 0 rings (SSSR count). The standard InChI is InChI=1S/C27H58NO5P/c1-6-7-8-9-10-11-12-13-14-15-16-17-18-19-20-21-23-32-25-27(31-5)26-34(29,30)33-24-22-28(2,3)4/h27H,6-26H2,1-5H3. The van der Waals surface area contributed by atoms with Crippen LogP contribution in [0.4, 0.5) is 0 Å². The fraction of sp³-hybridized carbons (Fsp3) is 1.00. The lowest BCUT2D eigenvalue weighted by Crippen LogP contribution is -2.38. The van der Waals surface area contributed by atoms with Crippen LogP contribution in [0.25, 0.3) is 0 Å². The molecule has 0 aliphatic rings. The van der Waals surface area contributed by atoms with Gasteiger partial charge in [-0.05, 0) is 6.42 Å². The maximum absolute atomic E-state index is 12.1. The predicted molar refractivity (Wildman–Crippen MR) is 142 cm³/mol. The van der Waals surface area contributed by atoms with Gasteiger partial charge in [-0.3, -0.25) is 0 Å². The topological polar surface area (TPSA) is 67.8 Å². The van der Waals surface area contributed by atoms with E-state index in [1.54, 1.807) is 0 Å². The van der Waals surface area contributed by atoms with Crippen molar-refractivity contribution in [2.24, 2.45) is 0 Å². The molecule has 34 heavy (non-hydrogen) atoms. The molecule has 0 aliphatic carbocycles. The van der Waals surface area contributed by atoms with E-state index in [2.05, 4.69) is 6.92 Å². The molecule has 0 aromatic heterocycles. The van der Waals surface area contributed by atoms with Gasteiger partial charge < -0.3 is 27.9 Å². The predicted octanol–water partition coefficient (Wildman–Crippen LogP) is 6.56. The van der Waals surface area contributed by atoms with Gasteiger partial charge in [-0.1, -0.05) is 103 Å². The van der Waals surface area contributed by atoms with Crippen LogP contribution in [0.15, 0.2) is 0 Å². The van der Waals surface area contributed by atoms with Crippen LogP contribution in [0.3, 0.4) is 0 Å². The second-order valence-electron chi connectivity index (χ2n) is 10.9. The minimum absolute atomic E-state index is 0.139. The summed E-state index contributed by atoms with van der Waals surface area (Å²) in [5, 5.41) is 0. The zero-order chi connectivity index (χ0) is 25.5. The van der Waals surface area contributed by atoms with E-state index in [4.69, 9.17) is 14.0 Å². The van der Waals surface area contributed by atoms with Crippen LogP contribution in [0.5, 0.6) is 0 Å². The Morgan fingerprint density at radius 3 is 1.59 bits per heavy atom. The molecule has 0 spiro atoms. The first-order valence-electron chi connectivity index (χ1n) is 14.1. The van der Waals surface area contributed by atoms with Crippen LogP contribution in [0, 0.1) is 0 Å². The number of ether oxygens (including phenoxy) is 2. The Balaban J connectivity index is 3.49. The van der Waals surface area contributed by atoms with Gasteiger partial charge in [-0.25, -0.2) is 0 Å². The lowest BCUT2D eigenvalue weighted by atomic mass is 10.0. The van der Waals surface area contributed by atoms with E-state index in [1.807, 2.05) is 21.1 Å². The quantitative estimate of drug-likeness (QED) is 0.0754. The molecule has 0 saturated carbocycles. The minimum atomic E-state index is -3.91. The number of unbranched alkanes of at least 4 members (excludes halogenated alkanes) is 15. The molecule has 2 atom stereocenters. The number of hydrogen-bond donors (Lipinski definition) is 0. The molecule has 0 fully saturated rings. The van der Waals surface area contributed by atoms with E-state index in [-0.39, 0.29) is 12.8 Å². The first-order valence-corrected chi connectivity index (χ1v) is 15.8. The highest BCUT2D eigenvalue weighted by Gasteiger charge is 2.19.